The molecule has 1 aliphatic rings. The number of carbonyl (C=O) groups excluding carboxylic acids is 1. The zero-order chi connectivity index (χ0) is 14.0. The number of likely N-dealkylation sites (N-methyl/N-ethyl adjacent to an activating group) is 1. The molecule has 1 unspecified atom stereocenters. The highest BCUT2D eigenvalue weighted by molar-refractivity contribution is 7.15. The molecule has 1 atom stereocenters. The number of aromatic nitrogens is 1. The van der Waals surface area contributed by atoms with Crippen LogP contribution in [0.15, 0.2) is 0 Å². The van der Waals surface area contributed by atoms with Crippen LogP contribution in [0.4, 0.5) is 5.13 Å². The normalized spacial score (nSPS) is 19.2. The Kier molecular flexibility index (Phi) is 4.42. The number of nitrogens with zero attached hydrogens (tertiary/aromatic N) is 3. The second-order valence-corrected chi connectivity index (χ2v) is 6.16. The maximum Gasteiger partial charge on any atom is 0.358 e. The zero-order valence-corrected chi connectivity index (χ0v) is 12.8. The molecule has 2 rings (SSSR count). The third-order valence-corrected chi connectivity index (χ3v) is 4.45. The van der Waals surface area contributed by atoms with E-state index in [0.29, 0.717) is 18.3 Å². The number of ether oxygens (including phenoxy) is 1. The average molecular weight is 283 g/mol. The first-order valence-electron chi connectivity index (χ1n) is 6.58. The second kappa shape index (κ2) is 5.88. The zero-order valence-electron chi connectivity index (χ0n) is 12.0. The van der Waals surface area contributed by atoms with Crippen molar-refractivity contribution in [2.24, 2.45) is 0 Å². The van der Waals surface area contributed by atoms with Crippen molar-refractivity contribution in [3.63, 3.8) is 0 Å². The van der Waals surface area contributed by atoms with Crippen LogP contribution < -0.4 is 4.90 Å². The van der Waals surface area contributed by atoms with Crippen molar-refractivity contribution in [1.29, 1.82) is 0 Å². The van der Waals surface area contributed by atoms with E-state index >= 15 is 0 Å². The predicted molar refractivity (Wildman–Crippen MR) is 77.1 cm³/mol. The maximum atomic E-state index is 11.8. The summed E-state index contributed by atoms with van der Waals surface area (Å²) in [5, 5.41) is 0.935. The number of carbonyl (C=O) groups is 1. The Morgan fingerprint density at radius 3 is 2.89 bits per heavy atom. The van der Waals surface area contributed by atoms with Gasteiger partial charge in [-0.15, -0.1) is 11.3 Å². The van der Waals surface area contributed by atoms with Crippen LogP contribution in [0.1, 0.15) is 28.7 Å². The average Bonchev–Trinajstić information content (AvgIpc) is 2.95. The van der Waals surface area contributed by atoms with Crippen LogP contribution in [-0.4, -0.2) is 55.7 Å². The van der Waals surface area contributed by atoms with E-state index in [1.807, 2.05) is 13.8 Å². The summed E-state index contributed by atoms with van der Waals surface area (Å²) in [4.78, 5) is 21.6. The lowest BCUT2D eigenvalue weighted by molar-refractivity contribution is 0.0519. The topological polar surface area (TPSA) is 45.7 Å². The van der Waals surface area contributed by atoms with Crippen LogP contribution in [0.2, 0.25) is 0 Å². The highest BCUT2D eigenvalue weighted by atomic mass is 32.1. The number of esters is 1. The third kappa shape index (κ3) is 3.06. The Balaban J connectivity index is 2.10. The highest BCUT2D eigenvalue weighted by Gasteiger charge is 2.27. The van der Waals surface area contributed by atoms with Crippen LogP contribution in [0, 0.1) is 6.92 Å². The number of thiazole rings is 1. The molecule has 0 radical (unpaired) electrons. The molecule has 0 spiro atoms. The lowest BCUT2D eigenvalue weighted by Gasteiger charge is -2.19. The molecule has 0 saturated carbocycles. The van der Waals surface area contributed by atoms with Crippen molar-refractivity contribution < 1.29 is 9.53 Å². The van der Waals surface area contributed by atoms with Gasteiger partial charge in [0.2, 0.25) is 0 Å². The van der Waals surface area contributed by atoms with E-state index in [1.54, 1.807) is 11.3 Å². The summed E-state index contributed by atoms with van der Waals surface area (Å²) in [6.45, 7) is 6.09. The lowest BCUT2D eigenvalue weighted by atomic mass is 10.2. The summed E-state index contributed by atoms with van der Waals surface area (Å²) >= 11 is 1.58. The van der Waals surface area contributed by atoms with Crippen molar-refractivity contribution in [1.82, 2.24) is 9.88 Å². The minimum Gasteiger partial charge on any atom is -0.461 e. The summed E-state index contributed by atoms with van der Waals surface area (Å²) in [5.41, 5.74) is 0.468. The van der Waals surface area contributed by atoms with Gasteiger partial charge in [0.25, 0.3) is 0 Å². The molecular formula is C13H21N3O2S. The Hall–Kier alpha value is -1.14. The fourth-order valence-corrected chi connectivity index (χ4v) is 3.17. The monoisotopic (exact) mass is 283 g/mol. The molecule has 1 saturated heterocycles. The van der Waals surface area contributed by atoms with E-state index in [9.17, 15) is 4.79 Å². The number of hydrogen-bond donors (Lipinski definition) is 0. The van der Waals surface area contributed by atoms with E-state index in [1.165, 1.54) is 0 Å². The molecule has 0 aliphatic carbocycles. The third-order valence-electron chi connectivity index (χ3n) is 3.42. The van der Waals surface area contributed by atoms with Crippen molar-refractivity contribution >= 4 is 22.4 Å². The maximum absolute atomic E-state index is 11.8. The van der Waals surface area contributed by atoms with Gasteiger partial charge < -0.3 is 14.5 Å². The first-order chi connectivity index (χ1) is 9.02. The molecule has 0 aromatic carbocycles. The van der Waals surface area contributed by atoms with Crippen molar-refractivity contribution in [2.45, 2.75) is 26.3 Å². The van der Waals surface area contributed by atoms with Crippen molar-refractivity contribution in [3.05, 3.63) is 10.6 Å². The first kappa shape index (κ1) is 14.3. The molecule has 106 valence electrons. The van der Waals surface area contributed by atoms with Gasteiger partial charge in [-0.3, -0.25) is 0 Å². The van der Waals surface area contributed by atoms with Gasteiger partial charge in [-0.05, 0) is 34.4 Å². The van der Waals surface area contributed by atoms with Gasteiger partial charge in [0.05, 0.1) is 6.61 Å². The molecule has 0 amide bonds. The van der Waals surface area contributed by atoms with Crippen LogP contribution in [0.25, 0.3) is 0 Å². The number of hydrogen-bond acceptors (Lipinski definition) is 6. The number of aryl methyl sites for hydroxylation is 1. The van der Waals surface area contributed by atoms with Gasteiger partial charge in [-0.2, -0.15) is 0 Å². The largest absolute Gasteiger partial charge is 0.461 e. The minimum absolute atomic E-state index is 0.314. The van der Waals surface area contributed by atoms with Crippen LogP contribution in [0.3, 0.4) is 0 Å². The van der Waals surface area contributed by atoms with E-state index < -0.39 is 0 Å². The predicted octanol–water partition coefficient (Wildman–Crippen LogP) is 1.77. The lowest BCUT2D eigenvalue weighted by Crippen LogP contribution is -2.31. The second-order valence-electron chi connectivity index (χ2n) is 4.97. The molecule has 5 nitrogen and oxygen atoms in total. The quantitative estimate of drug-likeness (QED) is 0.788. The van der Waals surface area contributed by atoms with Gasteiger partial charge in [0.1, 0.15) is 0 Å². The molecule has 1 aromatic heterocycles. The fraction of sp³-hybridized carbons (Fsp3) is 0.692. The highest BCUT2D eigenvalue weighted by Crippen LogP contribution is 2.29. The van der Waals surface area contributed by atoms with Crippen molar-refractivity contribution in [2.75, 3.05) is 38.7 Å². The summed E-state index contributed by atoms with van der Waals surface area (Å²) in [6, 6.07) is 0.565. The van der Waals surface area contributed by atoms with E-state index in [-0.39, 0.29) is 5.97 Å². The summed E-state index contributed by atoms with van der Waals surface area (Å²) in [6.07, 6.45) is 1.14. The summed E-state index contributed by atoms with van der Waals surface area (Å²) in [5.74, 6) is -0.314. The van der Waals surface area contributed by atoms with Gasteiger partial charge in [-0.1, -0.05) is 0 Å². The van der Waals surface area contributed by atoms with Gasteiger partial charge in [0.15, 0.2) is 10.8 Å². The van der Waals surface area contributed by atoms with Crippen LogP contribution in [0.5, 0.6) is 0 Å². The molecule has 0 bridgehead atoms. The van der Waals surface area contributed by atoms with E-state index in [0.717, 1.165) is 29.5 Å². The number of anilines is 1. The standard InChI is InChI=1S/C13H21N3O2S/c1-5-18-12(17)11-9(2)19-13(14-11)16-7-6-10(8-16)15(3)4/h10H,5-8H2,1-4H3. The minimum atomic E-state index is -0.314. The molecule has 1 aromatic rings. The Morgan fingerprint density at radius 2 is 2.32 bits per heavy atom. The molecule has 2 heterocycles. The summed E-state index contributed by atoms with van der Waals surface area (Å²) < 4.78 is 5.02. The summed E-state index contributed by atoms with van der Waals surface area (Å²) in [7, 11) is 4.20. The van der Waals surface area contributed by atoms with Gasteiger partial charge in [0, 0.05) is 24.0 Å². The smallest absolute Gasteiger partial charge is 0.358 e. The Labute approximate surface area is 118 Å². The Morgan fingerprint density at radius 1 is 1.58 bits per heavy atom. The molecule has 1 aliphatic heterocycles. The van der Waals surface area contributed by atoms with Crippen LogP contribution in [-0.2, 0) is 4.74 Å². The Bertz CT molecular complexity index is 459. The van der Waals surface area contributed by atoms with Crippen LogP contribution >= 0.6 is 11.3 Å². The number of rotatable bonds is 4. The molecule has 1 fully saturated rings. The van der Waals surface area contributed by atoms with E-state index in [4.69, 9.17) is 4.74 Å². The molecule has 6 heteroatoms. The molecule has 0 N–H and O–H groups in total. The SMILES string of the molecule is CCOC(=O)c1nc(N2CCC(N(C)C)C2)sc1C. The van der Waals surface area contributed by atoms with Crippen molar-refractivity contribution in [3.8, 4) is 0 Å². The van der Waals surface area contributed by atoms with E-state index in [2.05, 4.69) is 28.9 Å². The molecule has 19 heavy (non-hydrogen) atoms. The first-order valence-corrected chi connectivity index (χ1v) is 7.40. The van der Waals surface area contributed by atoms with Gasteiger partial charge >= 0.3 is 5.97 Å². The fourth-order valence-electron chi connectivity index (χ4n) is 2.24. The van der Waals surface area contributed by atoms with Gasteiger partial charge in [-0.25, -0.2) is 9.78 Å². The molecular weight excluding hydrogens is 262 g/mol.